The molecule has 13 nitrogen and oxygen atoms in total. The van der Waals surface area contributed by atoms with Crippen LogP contribution in [0.25, 0.3) is 11.1 Å². The minimum atomic E-state index is -3.24. The number of amides is 4. The molecule has 1 saturated carbocycles. The second-order valence-corrected chi connectivity index (χ2v) is 14.9. The Morgan fingerprint density at radius 1 is 0.964 bits per heavy atom. The first-order valence-electron chi connectivity index (χ1n) is 22.0. The molecule has 56 heavy (non-hydrogen) atoms. The number of carbonyl (C=O) groups is 4. The van der Waals surface area contributed by atoms with Gasteiger partial charge in [0.1, 0.15) is 18.0 Å². The summed E-state index contributed by atoms with van der Waals surface area (Å²) in [4.78, 5) is 57.0. The predicted octanol–water partition coefficient (Wildman–Crippen LogP) is 6.07. The molecule has 2 aromatic heterocycles. The summed E-state index contributed by atoms with van der Waals surface area (Å²) in [5.41, 5.74) is 6.80. The van der Waals surface area contributed by atoms with E-state index in [4.69, 9.17) is 44.6 Å². The van der Waals surface area contributed by atoms with E-state index in [2.05, 4.69) is 15.4 Å². The number of pyridine rings is 1. The Morgan fingerprint density at radius 2 is 1.71 bits per heavy atom. The first-order valence-corrected chi connectivity index (χ1v) is 18.8. The van der Waals surface area contributed by atoms with Gasteiger partial charge in [0.25, 0.3) is 11.8 Å². The number of anilines is 2. The molecule has 16 heteroatoms. The molecule has 3 N–H and O–H groups in total. The summed E-state index contributed by atoms with van der Waals surface area (Å²) in [7, 11) is 0. The lowest BCUT2D eigenvalue weighted by Gasteiger charge is -2.39. The van der Waals surface area contributed by atoms with Gasteiger partial charge in [0.05, 0.1) is 33.9 Å². The predicted molar refractivity (Wildman–Crippen MR) is 208 cm³/mol. The van der Waals surface area contributed by atoms with E-state index < -0.39 is 73.3 Å². The van der Waals surface area contributed by atoms with E-state index >= 15 is 0 Å². The molecule has 292 valence electrons. The van der Waals surface area contributed by atoms with Gasteiger partial charge in [-0.25, -0.2) is 9.37 Å². The summed E-state index contributed by atoms with van der Waals surface area (Å²) in [5.74, 6) is -3.93. The number of ether oxygens (including phenoxy) is 1. The number of carbonyl (C=O) groups excluding carboxylic acids is 4. The molecule has 3 aliphatic heterocycles. The molecule has 2 aromatic carbocycles. The Morgan fingerprint density at radius 3 is 2.46 bits per heavy atom. The van der Waals surface area contributed by atoms with Crippen molar-refractivity contribution in [3.8, 4) is 16.9 Å². The second-order valence-electron chi connectivity index (χ2n) is 14.1. The lowest BCUT2D eigenvalue weighted by Crippen LogP contribution is -2.54. The number of nitrogens with two attached hydrogens (primary N) is 1. The maximum Gasteiger partial charge on any atom is 0.262 e. The van der Waals surface area contributed by atoms with Gasteiger partial charge in [-0.05, 0) is 81.3 Å². The fourth-order valence-electron chi connectivity index (χ4n) is 7.50. The van der Waals surface area contributed by atoms with Crippen LogP contribution in [0.1, 0.15) is 94.8 Å². The highest BCUT2D eigenvalue weighted by Gasteiger charge is 2.45. The number of hydrogen-bond acceptors (Lipinski definition) is 10. The molecule has 1 aliphatic carbocycles. The highest BCUT2D eigenvalue weighted by atomic mass is 35.5. The number of nitrogen functional groups attached to an aromatic ring is 1. The Hall–Kier alpha value is -5.05. The minimum absolute atomic E-state index is 0.0822. The van der Waals surface area contributed by atoms with Gasteiger partial charge in [-0.15, -0.1) is 0 Å². The van der Waals surface area contributed by atoms with Gasteiger partial charge >= 0.3 is 0 Å². The minimum Gasteiger partial charge on any atom is -0.482 e. The number of piperazine rings is 1. The lowest BCUT2D eigenvalue weighted by molar-refractivity contribution is -0.136. The van der Waals surface area contributed by atoms with E-state index in [0.717, 1.165) is 24.3 Å². The van der Waals surface area contributed by atoms with Crippen molar-refractivity contribution >= 4 is 58.3 Å². The van der Waals surface area contributed by atoms with Gasteiger partial charge in [0, 0.05) is 84.2 Å². The van der Waals surface area contributed by atoms with Gasteiger partial charge in [0.2, 0.25) is 11.8 Å². The molecule has 8 rings (SSSR count). The zero-order chi connectivity index (χ0) is 46.4. The van der Waals surface area contributed by atoms with Crippen molar-refractivity contribution in [3.05, 3.63) is 87.5 Å². The zero-order valence-electron chi connectivity index (χ0n) is 37.9. The van der Waals surface area contributed by atoms with E-state index in [1.54, 1.807) is 30.1 Å². The van der Waals surface area contributed by atoms with Gasteiger partial charge in [0.15, 0.2) is 11.6 Å². The van der Waals surface area contributed by atoms with E-state index in [1.165, 1.54) is 6.07 Å². The fraction of sp³-hybridized carbons (Fsp3) is 0.400. The Labute approximate surface area is 344 Å². The van der Waals surface area contributed by atoms with Crippen LogP contribution in [-0.2, 0) is 9.59 Å². The third-order valence-electron chi connectivity index (χ3n) is 10.5. The van der Waals surface area contributed by atoms with Crippen molar-refractivity contribution in [3.63, 3.8) is 0 Å². The second kappa shape index (κ2) is 15.5. The number of imide groups is 2. The number of nitrogens with one attached hydrogen (secondary N) is 1. The molecule has 0 bridgehead atoms. The molecule has 0 spiro atoms. The Kier molecular flexibility index (Phi) is 8.08. The summed E-state index contributed by atoms with van der Waals surface area (Å²) in [6.07, 6.45) is 5.97. The third-order valence-corrected chi connectivity index (χ3v) is 11.2. The summed E-state index contributed by atoms with van der Waals surface area (Å²) in [6.45, 7) is -11.4. The van der Waals surface area contributed by atoms with E-state index in [9.17, 15) is 23.6 Å². The number of rotatable bonds is 9. The van der Waals surface area contributed by atoms with Crippen molar-refractivity contribution in [2.24, 2.45) is 5.92 Å². The number of aromatic nitrogens is 3. The van der Waals surface area contributed by atoms with Gasteiger partial charge < -0.3 is 15.4 Å². The standard InChI is InChI=1S/C40H41Cl2FN8O5/c1-22(35-30(41)8-9-31(43)36(35)42)56-33-16-24(18-45-37(33)44)25-19-46-50(21-25)26-4-2-23(3-5-26)20-48-12-14-49(15-13-48)27-6-7-28-29(17-27)40(55)51(39(28)54)32-10-11-34(52)47-38(32)53/h6-9,16-19,21-23,26,32H,2-5,10-15,20H2,1H3,(H2,44,45)(H,47,52,53)/t22-,23?,26?,32?/m1/s1/i12D2,13D2,14D2,15D2. The molecule has 4 amide bonds. The van der Waals surface area contributed by atoms with Crippen LogP contribution in [0.4, 0.5) is 15.9 Å². The average molecular weight is 812 g/mol. The lowest BCUT2D eigenvalue weighted by atomic mass is 9.85. The van der Waals surface area contributed by atoms with Crippen LogP contribution in [-0.4, -0.2) is 86.8 Å². The molecule has 2 atom stereocenters. The average Bonchev–Trinajstić information content (AvgIpc) is 3.81. The molecule has 2 saturated heterocycles. The number of benzene rings is 2. The van der Waals surface area contributed by atoms with Crippen LogP contribution in [0, 0.1) is 11.7 Å². The number of piperidine rings is 1. The topological polar surface area (TPSA) is 156 Å². The van der Waals surface area contributed by atoms with Gasteiger partial charge in [-0.3, -0.25) is 39.0 Å². The van der Waals surface area contributed by atoms with Crippen LogP contribution < -0.4 is 20.7 Å². The molecule has 4 aromatic rings. The monoisotopic (exact) mass is 810 g/mol. The smallest absolute Gasteiger partial charge is 0.262 e. The van der Waals surface area contributed by atoms with E-state index in [1.807, 2.05) is 6.20 Å². The van der Waals surface area contributed by atoms with Crippen LogP contribution in [0.3, 0.4) is 0 Å². The van der Waals surface area contributed by atoms with Crippen molar-refractivity contribution in [2.75, 3.05) is 43.2 Å². The van der Waals surface area contributed by atoms with E-state index in [-0.39, 0.29) is 69.6 Å². The van der Waals surface area contributed by atoms with Gasteiger partial charge in [-0.2, -0.15) is 5.10 Å². The molecule has 0 radical (unpaired) electrons. The quantitative estimate of drug-likeness (QED) is 0.150. The number of halogens is 3. The maximum atomic E-state index is 14.2. The van der Waals surface area contributed by atoms with Crippen LogP contribution >= 0.6 is 23.2 Å². The van der Waals surface area contributed by atoms with Crippen molar-refractivity contribution in [1.29, 1.82) is 0 Å². The maximum absolute atomic E-state index is 14.2. The summed E-state index contributed by atoms with van der Waals surface area (Å²) in [5, 5.41) is 6.71. The normalized spacial score (nSPS) is 28.0. The molecular weight excluding hydrogens is 762 g/mol. The van der Waals surface area contributed by atoms with Crippen LogP contribution in [0.15, 0.2) is 55.0 Å². The zero-order valence-corrected chi connectivity index (χ0v) is 31.4. The molecule has 5 heterocycles. The number of hydrogen-bond donors (Lipinski definition) is 2. The number of nitrogens with zero attached hydrogens (tertiary/aromatic N) is 6. The van der Waals surface area contributed by atoms with Crippen LogP contribution in [0.2, 0.25) is 10.0 Å². The highest BCUT2D eigenvalue weighted by molar-refractivity contribution is 6.36. The van der Waals surface area contributed by atoms with Crippen LogP contribution in [0.5, 0.6) is 5.75 Å². The Bertz CT molecular complexity index is 2570. The van der Waals surface area contributed by atoms with E-state index in [0.29, 0.717) is 51.5 Å². The van der Waals surface area contributed by atoms with Crippen molar-refractivity contribution in [1.82, 2.24) is 29.9 Å². The van der Waals surface area contributed by atoms with Crippen molar-refractivity contribution in [2.45, 2.75) is 63.6 Å². The fourth-order valence-corrected chi connectivity index (χ4v) is 8.18. The highest BCUT2D eigenvalue weighted by Crippen LogP contribution is 2.38. The summed E-state index contributed by atoms with van der Waals surface area (Å²) >= 11 is 12.5. The molecule has 3 fully saturated rings. The summed E-state index contributed by atoms with van der Waals surface area (Å²) < 4.78 is 94.4. The Balaban J connectivity index is 0.956. The molecular formula is C40H41Cl2FN8O5. The SMILES string of the molecule is [2H]C1([2H])N(CC2CCC(n3cc(-c4cnc(N)c(O[C@H](C)c5c(Cl)ccc(F)c5Cl)c4)cn3)CC2)C([2H])([2H])C([2H])([2H])N(c2ccc3c(c2)C(=O)N(C2CCC(=O)NC2=O)C3=O)C1([2H])[2H]. The molecule has 4 aliphatic rings. The third kappa shape index (κ3) is 7.33. The van der Waals surface area contributed by atoms with Gasteiger partial charge in [-0.1, -0.05) is 23.2 Å². The number of fused-ring (bicyclic) bond motifs is 1. The summed E-state index contributed by atoms with van der Waals surface area (Å²) in [6, 6.07) is 6.04. The van der Waals surface area contributed by atoms with Crippen molar-refractivity contribution < 1.29 is 39.3 Å². The first-order chi connectivity index (χ1) is 30.0. The largest absolute Gasteiger partial charge is 0.482 e. The molecule has 1 unspecified atom stereocenters. The first kappa shape index (κ1) is 29.2.